The molecular formula is C12H12F2N2O2S2. The summed E-state index contributed by atoms with van der Waals surface area (Å²) in [5, 5.41) is 0. The molecule has 2 rings (SSSR count). The second kappa shape index (κ2) is 5.86. The van der Waals surface area contributed by atoms with Gasteiger partial charge in [-0.1, -0.05) is 0 Å². The second-order valence-corrected chi connectivity index (χ2v) is 7.07. The lowest BCUT2D eigenvalue weighted by Crippen LogP contribution is -2.12. The quantitative estimate of drug-likeness (QED) is 0.889. The molecule has 4 nitrogen and oxygen atoms in total. The van der Waals surface area contributed by atoms with Crippen molar-refractivity contribution in [2.24, 2.45) is 5.73 Å². The highest BCUT2D eigenvalue weighted by atomic mass is 32.2. The summed E-state index contributed by atoms with van der Waals surface area (Å²) in [4.78, 5) is 0.826. The Hall–Kier alpha value is -1.51. The molecule has 0 aliphatic carbocycles. The van der Waals surface area contributed by atoms with Crippen LogP contribution in [0.5, 0.6) is 0 Å². The van der Waals surface area contributed by atoms with E-state index >= 15 is 0 Å². The third-order valence-electron chi connectivity index (χ3n) is 2.47. The molecule has 0 saturated heterocycles. The Bertz CT molecular complexity index is 714. The number of thiophene rings is 1. The van der Waals surface area contributed by atoms with E-state index in [2.05, 4.69) is 4.72 Å². The van der Waals surface area contributed by atoms with E-state index in [4.69, 9.17) is 5.73 Å². The van der Waals surface area contributed by atoms with Crippen molar-refractivity contribution in [1.29, 1.82) is 0 Å². The molecule has 0 bridgehead atoms. The van der Waals surface area contributed by atoms with Crippen LogP contribution in [0.15, 0.2) is 34.5 Å². The van der Waals surface area contributed by atoms with Crippen molar-refractivity contribution < 1.29 is 17.2 Å². The zero-order valence-electron chi connectivity index (χ0n) is 10.3. The monoisotopic (exact) mass is 318 g/mol. The van der Waals surface area contributed by atoms with E-state index in [1.54, 1.807) is 6.07 Å². The van der Waals surface area contributed by atoms with E-state index in [0.29, 0.717) is 19.0 Å². The lowest BCUT2D eigenvalue weighted by molar-refractivity contribution is 0.583. The zero-order valence-corrected chi connectivity index (χ0v) is 11.9. The number of rotatable bonds is 5. The minimum absolute atomic E-state index is 0.0599. The van der Waals surface area contributed by atoms with E-state index in [9.17, 15) is 17.2 Å². The van der Waals surface area contributed by atoms with Gasteiger partial charge in [0.05, 0.1) is 5.69 Å². The van der Waals surface area contributed by atoms with Gasteiger partial charge in [-0.25, -0.2) is 17.2 Å². The Balaban J connectivity index is 2.26. The maximum absolute atomic E-state index is 13.4. The van der Waals surface area contributed by atoms with Gasteiger partial charge in [0.1, 0.15) is 15.8 Å². The fraction of sp³-hybridized carbons (Fsp3) is 0.167. The number of anilines is 1. The van der Waals surface area contributed by atoms with Gasteiger partial charge in [0.25, 0.3) is 10.0 Å². The molecule has 0 spiro atoms. The summed E-state index contributed by atoms with van der Waals surface area (Å²) < 4.78 is 52.5. The van der Waals surface area contributed by atoms with Crippen molar-refractivity contribution in [1.82, 2.24) is 0 Å². The van der Waals surface area contributed by atoms with Crippen LogP contribution in [0.1, 0.15) is 4.88 Å². The SMILES string of the molecule is NCCc1ccc(S(=O)(=O)Nc2ccc(F)cc2F)s1. The standard InChI is InChI=1S/C12H12F2N2O2S2/c13-8-1-3-11(10(14)7-8)16-20(17,18)12-4-2-9(19-12)5-6-15/h1-4,7,16H,5-6,15H2. The molecular weight excluding hydrogens is 306 g/mol. The van der Waals surface area contributed by atoms with Crippen LogP contribution in [-0.4, -0.2) is 15.0 Å². The van der Waals surface area contributed by atoms with Crippen LogP contribution in [0, 0.1) is 11.6 Å². The van der Waals surface area contributed by atoms with Gasteiger partial charge >= 0.3 is 0 Å². The smallest absolute Gasteiger partial charge is 0.271 e. The molecule has 1 aromatic heterocycles. The third kappa shape index (κ3) is 3.33. The lowest BCUT2D eigenvalue weighted by atomic mass is 10.3. The number of hydrogen-bond acceptors (Lipinski definition) is 4. The van der Waals surface area contributed by atoms with Crippen molar-refractivity contribution in [3.05, 3.63) is 46.8 Å². The van der Waals surface area contributed by atoms with Crippen molar-refractivity contribution in [3.8, 4) is 0 Å². The predicted molar refractivity (Wildman–Crippen MR) is 74.2 cm³/mol. The van der Waals surface area contributed by atoms with E-state index in [1.807, 2.05) is 0 Å². The highest BCUT2D eigenvalue weighted by Gasteiger charge is 2.18. The molecule has 0 atom stereocenters. The summed E-state index contributed by atoms with van der Waals surface area (Å²) in [6, 6.07) is 5.73. The van der Waals surface area contributed by atoms with E-state index in [-0.39, 0.29) is 9.90 Å². The Morgan fingerprint density at radius 1 is 1.20 bits per heavy atom. The van der Waals surface area contributed by atoms with Gasteiger partial charge in [-0.15, -0.1) is 11.3 Å². The van der Waals surface area contributed by atoms with Crippen molar-refractivity contribution in [3.63, 3.8) is 0 Å². The molecule has 1 heterocycles. The highest BCUT2D eigenvalue weighted by molar-refractivity contribution is 7.94. The van der Waals surface area contributed by atoms with E-state index in [0.717, 1.165) is 28.3 Å². The normalized spacial score (nSPS) is 11.6. The number of hydrogen-bond donors (Lipinski definition) is 2. The molecule has 1 aromatic carbocycles. The summed E-state index contributed by atoms with van der Waals surface area (Å²) in [6.45, 7) is 0.417. The largest absolute Gasteiger partial charge is 0.330 e. The molecule has 2 aromatic rings. The van der Waals surface area contributed by atoms with Gasteiger partial charge < -0.3 is 5.73 Å². The Morgan fingerprint density at radius 2 is 1.95 bits per heavy atom. The first kappa shape index (κ1) is 14.9. The zero-order chi connectivity index (χ0) is 14.8. The average Bonchev–Trinajstić information content (AvgIpc) is 2.83. The molecule has 0 amide bonds. The Morgan fingerprint density at radius 3 is 2.60 bits per heavy atom. The Labute approximate surface area is 119 Å². The fourth-order valence-electron chi connectivity index (χ4n) is 1.55. The summed E-state index contributed by atoms with van der Waals surface area (Å²) in [7, 11) is -3.88. The topological polar surface area (TPSA) is 72.2 Å². The third-order valence-corrected chi connectivity index (χ3v) is 5.47. The van der Waals surface area contributed by atoms with E-state index < -0.39 is 21.7 Å². The molecule has 0 aliphatic rings. The van der Waals surface area contributed by atoms with Crippen LogP contribution in [-0.2, 0) is 16.4 Å². The van der Waals surface area contributed by atoms with Gasteiger partial charge in [-0.2, -0.15) is 0 Å². The average molecular weight is 318 g/mol. The van der Waals surface area contributed by atoms with Crippen molar-refractivity contribution >= 4 is 27.0 Å². The molecule has 0 fully saturated rings. The number of nitrogens with one attached hydrogen (secondary N) is 1. The first-order chi connectivity index (χ1) is 9.42. The predicted octanol–water partition coefficient (Wildman–Crippen LogP) is 2.33. The van der Waals surface area contributed by atoms with Gasteiger partial charge in [0.2, 0.25) is 0 Å². The fourth-order valence-corrected chi connectivity index (χ4v) is 3.98. The molecule has 0 saturated carbocycles. The molecule has 3 N–H and O–H groups in total. The van der Waals surface area contributed by atoms with Crippen molar-refractivity contribution in [2.75, 3.05) is 11.3 Å². The lowest BCUT2D eigenvalue weighted by Gasteiger charge is -2.07. The van der Waals surface area contributed by atoms with Gasteiger partial charge in [0.15, 0.2) is 0 Å². The summed E-state index contributed by atoms with van der Waals surface area (Å²) in [5.41, 5.74) is 5.10. The maximum atomic E-state index is 13.4. The van der Waals surface area contributed by atoms with E-state index in [1.165, 1.54) is 6.07 Å². The number of sulfonamides is 1. The minimum Gasteiger partial charge on any atom is -0.330 e. The Kier molecular flexibility index (Phi) is 4.36. The molecule has 20 heavy (non-hydrogen) atoms. The van der Waals surface area contributed by atoms with Crippen LogP contribution < -0.4 is 10.5 Å². The number of halogens is 2. The second-order valence-electron chi connectivity index (χ2n) is 3.99. The first-order valence-electron chi connectivity index (χ1n) is 5.69. The van der Waals surface area contributed by atoms with Crippen LogP contribution in [0.4, 0.5) is 14.5 Å². The molecule has 0 radical (unpaired) electrons. The minimum atomic E-state index is -3.88. The molecule has 0 aliphatic heterocycles. The van der Waals surface area contributed by atoms with Gasteiger partial charge in [-0.3, -0.25) is 4.72 Å². The number of benzene rings is 1. The van der Waals surface area contributed by atoms with Crippen LogP contribution in [0.3, 0.4) is 0 Å². The van der Waals surface area contributed by atoms with Crippen LogP contribution in [0.25, 0.3) is 0 Å². The summed E-state index contributed by atoms with van der Waals surface area (Å²) in [5.74, 6) is -1.74. The molecule has 8 heteroatoms. The molecule has 108 valence electrons. The summed E-state index contributed by atoms with van der Waals surface area (Å²) >= 11 is 1.07. The van der Waals surface area contributed by atoms with Crippen LogP contribution >= 0.6 is 11.3 Å². The van der Waals surface area contributed by atoms with Gasteiger partial charge in [-0.05, 0) is 37.2 Å². The van der Waals surface area contributed by atoms with Crippen LogP contribution in [0.2, 0.25) is 0 Å². The highest BCUT2D eigenvalue weighted by Crippen LogP contribution is 2.25. The first-order valence-corrected chi connectivity index (χ1v) is 7.99. The maximum Gasteiger partial charge on any atom is 0.271 e. The summed E-state index contributed by atoms with van der Waals surface area (Å²) in [6.07, 6.45) is 0.575. The van der Waals surface area contributed by atoms with Crippen molar-refractivity contribution in [2.45, 2.75) is 10.6 Å². The number of nitrogens with two attached hydrogens (primary N) is 1. The molecule has 0 unspecified atom stereocenters. The van der Waals surface area contributed by atoms with Gasteiger partial charge in [0, 0.05) is 10.9 Å².